The predicted molar refractivity (Wildman–Crippen MR) is 472 cm³/mol. The SMILES string of the molecule is CC1c2cccc3cccc(c23)C1C.CCC(C)c1ccc(O)cc1.CCC(C)c1ccc(O)cc1.CCC(C)c1ccc(O)cc1.CCC(C)c1ccc(OC(C)OC2CC3CC2C2CCCC32)cc1.CCC(C)c1ccc(OC(OC)C(C)(C)C)cc1.CCC(C)c1ccc(OC(OC)C23CC4CC(CC(C4)C2)C3)cc1. The van der Waals surface area contributed by atoms with Crippen molar-refractivity contribution >= 4 is 10.8 Å². The van der Waals surface area contributed by atoms with Gasteiger partial charge in [-0.25, -0.2) is 0 Å². The number of hydrogen-bond donors (Lipinski definition) is 3. The van der Waals surface area contributed by atoms with Gasteiger partial charge in [0.25, 0.3) is 0 Å². The molecular weight excluding hydrogens is 1390 g/mol. The van der Waals surface area contributed by atoms with Gasteiger partial charge in [0.15, 0.2) is 6.29 Å². The van der Waals surface area contributed by atoms with Gasteiger partial charge in [-0.05, 0) is 327 Å². The third-order valence-electron chi connectivity index (χ3n) is 27.4. The molecule has 9 heteroatoms. The van der Waals surface area contributed by atoms with Crippen LogP contribution in [0.25, 0.3) is 10.8 Å². The van der Waals surface area contributed by atoms with Crippen molar-refractivity contribution in [3.05, 3.63) is 226 Å². The normalized spacial score (nSPS) is 24.7. The Kier molecular flexibility index (Phi) is 33.7. The molecule has 3 N–H and O–H groups in total. The first-order chi connectivity index (χ1) is 54.1. The molecule has 16 unspecified atom stereocenters. The van der Waals surface area contributed by atoms with Crippen LogP contribution in [0, 0.1) is 52.3 Å². The highest BCUT2D eigenvalue weighted by Gasteiger charge is 2.56. The van der Waals surface area contributed by atoms with E-state index in [2.05, 4.69) is 222 Å². The molecule has 113 heavy (non-hydrogen) atoms. The van der Waals surface area contributed by atoms with Crippen molar-refractivity contribution in [1.82, 2.24) is 0 Å². The van der Waals surface area contributed by atoms with Crippen molar-refractivity contribution in [3.8, 4) is 34.5 Å². The number of fused-ring (bicyclic) bond motifs is 5. The first-order valence-corrected chi connectivity index (χ1v) is 44.0. The minimum Gasteiger partial charge on any atom is -0.508 e. The van der Waals surface area contributed by atoms with Crippen LogP contribution in [0.1, 0.15) is 326 Å². The van der Waals surface area contributed by atoms with Gasteiger partial charge in [-0.3, -0.25) is 0 Å². The predicted octanol–water partition coefficient (Wildman–Crippen LogP) is 28.9. The fourth-order valence-electron chi connectivity index (χ4n) is 19.5. The lowest BCUT2D eigenvalue weighted by atomic mass is 9.49. The summed E-state index contributed by atoms with van der Waals surface area (Å²) in [7, 11) is 3.51. The van der Waals surface area contributed by atoms with Crippen molar-refractivity contribution in [3.63, 3.8) is 0 Å². The van der Waals surface area contributed by atoms with Gasteiger partial charge in [0.1, 0.15) is 34.5 Å². The van der Waals surface area contributed by atoms with Gasteiger partial charge in [-0.1, -0.05) is 233 Å². The van der Waals surface area contributed by atoms with E-state index in [1.165, 1.54) is 139 Å². The Bertz CT molecular complexity index is 3850. The topological polar surface area (TPSA) is 116 Å². The zero-order valence-corrected chi connectivity index (χ0v) is 73.1. The number of phenols is 3. The van der Waals surface area contributed by atoms with E-state index < -0.39 is 0 Å². The molecule has 7 saturated carbocycles. The zero-order valence-electron chi connectivity index (χ0n) is 73.1. The van der Waals surface area contributed by atoms with Crippen LogP contribution in [-0.4, -0.2) is 54.5 Å². The summed E-state index contributed by atoms with van der Waals surface area (Å²) in [5.74, 6) is 15.2. The summed E-state index contributed by atoms with van der Waals surface area (Å²) in [5.41, 5.74) is 11.3. The Morgan fingerprint density at radius 2 is 0.726 bits per heavy atom. The van der Waals surface area contributed by atoms with Crippen LogP contribution in [0.4, 0.5) is 0 Å². The molecule has 616 valence electrons. The molecule has 6 bridgehead atoms. The molecule has 7 fully saturated rings. The Hall–Kier alpha value is -7.30. The third-order valence-corrected chi connectivity index (χ3v) is 27.4. The molecule has 0 amide bonds. The van der Waals surface area contributed by atoms with E-state index in [0.717, 1.165) is 84.4 Å². The van der Waals surface area contributed by atoms with E-state index in [1.54, 1.807) is 43.5 Å². The average molecular weight is 1540 g/mol. The van der Waals surface area contributed by atoms with E-state index in [9.17, 15) is 0 Å². The van der Waals surface area contributed by atoms with Crippen molar-refractivity contribution in [1.29, 1.82) is 0 Å². The van der Waals surface area contributed by atoms with Gasteiger partial charge in [-0.15, -0.1) is 0 Å². The maximum absolute atomic E-state index is 9.01. The number of methoxy groups -OCH3 is 2. The van der Waals surface area contributed by atoms with Crippen molar-refractivity contribution in [2.24, 2.45) is 52.3 Å². The van der Waals surface area contributed by atoms with E-state index in [0.29, 0.717) is 70.7 Å². The summed E-state index contributed by atoms with van der Waals surface area (Å²) >= 11 is 0. The number of hydrogen-bond acceptors (Lipinski definition) is 9. The summed E-state index contributed by atoms with van der Waals surface area (Å²) in [4.78, 5) is 0. The van der Waals surface area contributed by atoms with Gasteiger partial charge in [0, 0.05) is 25.0 Å². The molecule has 0 aliphatic heterocycles. The van der Waals surface area contributed by atoms with Gasteiger partial charge in [0.2, 0.25) is 12.6 Å². The fraction of sp³-hybridized carbons (Fsp3) is 0.558. The van der Waals surface area contributed by atoms with Crippen LogP contribution in [-0.2, 0) is 14.2 Å². The Morgan fingerprint density at radius 1 is 0.389 bits per heavy atom. The van der Waals surface area contributed by atoms with Crippen LogP contribution in [0.15, 0.2) is 182 Å². The summed E-state index contributed by atoms with van der Waals surface area (Å²) < 4.78 is 36.0. The Balaban J connectivity index is 0.000000155. The van der Waals surface area contributed by atoms with E-state index >= 15 is 0 Å². The second-order valence-electron chi connectivity index (χ2n) is 36.2. The first kappa shape index (κ1) is 89.6. The molecule has 8 aliphatic carbocycles. The number of rotatable bonds is 23. The Labute approximate surface area is 684 Å². The average Bonchev–Trinajstić information content (AvgIpc) is 1.71. The van der Waals surface area contributed by atoms with Crippen LogP contribution in [0.3, 0.4) is 0 Å². The van der Waals surface area contributed by atoms with Gasteiger partial charge in [0.05, 0.1) is 6.10 Å². The molecule has 16 atom stereocenters. The number of aromatic hydroxyl groups is 3. The number of benzene rings is 8. The third kappa shape index (κ3) is 24.2. The molecule has 0 aromatic heterocycles. The standard InChI is InChI=1S/2C22H32O2.C16H26O2.C14H14.3C10H14O/c1-4-15(2)19-5-7-20(8-6-19)24-21(23-3)22-12-16-9-17(13-22)11-18(10-16)14-22;1-4-14(2)16-8-10-18(11-9-16)23-15(3)24-22-13-17-12-21(22)20-7-5-6-19(17)20;1-7-12(2)13-8-10-14(11-9-13)18-15(17-6)16(3,4)5;1-9-10(2)13-8-4-6-11-5-3-7-12(9)14(11)13;3*1-3-8(2)9-4-6-10(11)7-5-9/h5-8,15-18,21H,4,9-14H2,1-3H3;8-11,14-15,17,19-22H,4-7,12-13H2,1-3H3;8-12,15H,7H2,1-6H3;3-10H,1-2H3;3*4-8,11H,3H2,1-2H3. The van der Waals surface area contributed by atoms with Crippen molar-refractivity contribution in [2.45, 2.75) is 306 Å². The van der Waals surface area contributed by atoms with Gasteiger partial charge < -0.3 is 43.7 Å². The van der Waals surface area contributed by atoms with E-state index in [1.807, 2.05) is 55.6 Å². The zero-order chi connectivity index (χ0) is 81.7. The molecule has 0 spiro atoms. The molecule has 8 aromatic rings. The smallest absolute Gasteiger partial charge is 0.205 e. The summed E-state index contributed by atoms with van der Waals surface area (Å²) in [6, 6.07) is 61.2. The van der Waals surface area contributed by atoms with Crippen LogP contribution in [0.5, 0.6) is 34.5 Å². The molecule has 16 rings (SSSR count). The van der Waals surface area contributed by atoms with Gasteiger partial charge >= 0.3 is 0 Å². The summed E-state index contributed by atoms with van der Waals surface area (Å²) in [5, 5.41) is 29.9. The molecule has 8 aliphatic rings. The van der Waals surface area contributed by atoms with Gasteiger partial charge in [-0.2, -0.15) is 0 Å². The lowest BCUT2D eigenvalue weighted by Gasteiger charge is -2.58. The summed E-state index contributed by atoms with van der Waals surface area (Å²) in [6.45, 7) is 39.6. The lowest BCUT2D eigenvalue weighted by molar-refractivity contribution is -0.204. The highest BCUT2D eigenvalue weighted by Crippen LogP contribution is 2.62. The molecular formula is C104H146O9. The lowest BCUT2D eigenvalue weighted by Crippen LogP contribution is -2.53. The number of ether oxygens (including phenoxy) is 6. The van der Waals surface area contributed by atoms with E-state index in [-0.39, 0.29) is 29.7 Å². The quantitative estimate of drug-likeness (QED) is 0.0539. The monoisotopic (exact) mass is 1540 g/mol. The summed E-state index contributed by atoms with van der Waals surface area (Å²) in [6.07, 6.45) is 22.3. The minimum atomic E-state index is -0.230. The second kappa shape index (κ2) is 42.5. The second-order valence-corrected chi connectivity index (χ2v) is 36.2. The first-order valence-electron chi connectivity index (χ1n) is 44.0. The number of phenolic OH excluding ortho intramolecular Hbond substituents is 3. The minimum absolute atomic E-state index is 0.0376. The van der Waals surface area contributed by atoms with E-state index in [4.69, 9.17) is 43.7 Å². The highest BCUT2D eigenvalue weighted by molar-refractivity contribution is 5.92. The fourth-order valence-corrected chi connectivity index (χ4v) is 19.5. The van der Waals surface area contributed by atoms with Crippen LogP contribution < -0.4 is 14.2 Å². The molecule has 0 radical (unpaired) electrons. The maximum atomic E-state index is 9.01. The van der Waals surface area contributed by atoms with Crippen molar-refractivity contribution < 1.29 is 43.7 Å². The van der Waals surface area contributed by atoms with Crippen LogP contribution in [0.2, 0.25) is 0 Å². The molecule has 8 aromatic carbocycles. The molecule has 0 saturated heterocycles. The Morgan fingerprint density at radius 3 is 1.06 bits per heavy atom. The largest absolute Gasteiger partial charge is 0.508 e. The molecule has 9 nitrogen and oxygen atoms in total. The molecule has 0 heterocycles. The van der Waals surface area contributed by atoms with Crippen molar-refractivity contribution in [2.75, 3.05) is 14.2 Å². The maximum Gasteiger partial charge on any atom is 0.205 e. The van der Waals surface area contributed by atoms with Crippen LogP contribution >= 0.6 is 0 Å². The highest BCUT2D eigenvalue weighted by atomic mass is 16.7.